The summed E-state index contributed by atoms with van der Waals surface area (Å²) in [6.45, 7) is 2.62. The number of rotatable bonds is 8. The summed E-state index contributed by atoms with van der Waals surface area (Å²) in [6.07, 6.45) is 0.432. The average Bonchev–Trinajstić information content (AvgIpc) is 3.33. The summed E-state index contributed by atoms with van der Waals surface area (Å²) < 4.78 is 5.49. The highest BCUT2D eigenvalue weighted by molar-refractivity contribution is 7.99. The number of para-hydroxylation sites is 2. The highest BCUT2D eigenvalue weighted by Gasteiger charge is 2.23. The molecule has 0 spiro atoms. The number of nitrogens with one attached hydrogen (secondary N) is 1. The van der Waals surface area contributed by atoms with Crippen molar-refractivity contribution in [3.05, 3.63) is 94.4 Å². The molecule has 4 aromatic rings. The molecule has 36 heavy (non-hydrogen) atoms. The van der Waals surface area contributed by atoms with Crippen molar-refractivity contribution in [2.24, 2.45) is 0 Å². The molecule has 3 aromatic carbocycles. The summed E-state index contributed by atoms with van der Waals surface area (Å²) in [5.74, 6) is -0.410. The summed E-state index contributed by atoms with van der Waals surface area (Å²) in [6, 6.07) is 24.1. The minimum absolute atomic E-state index is 0.0952. The fraction of sp³-hybridized carbons (Fsp3) is 0.179. The van der Waals surface area contributed by atoms with Crippen molar-refractivity contribution < 1.29 is 14.3 Å². The van der Waals surface area contributed by atoms with Crippen LogP contribution in [-0.4, -0.2) is 23.4 Å². The number of hydrogen-bond acceptors (Lipinski definition) is 7. The molecule has 182 valence electrons. The first-order chi connectivity index (χ1) is 17.5. The maximum atomic E-state index is 12.6. The van der Waals surface area contributed by atoms with Crippen LogP contribution in [0.3, 0.4) is 0 Å². The van der Waals surface area contributed by atoms with Gasteiger partial charge >= 0.3 is 5.97 Å². The zero-order chi connectivity index (χ0) is 24.9. The van der Waals surface area contributed by atoms with E-state index < -0.39 is 0 Å². The Kier molecular flexibility index (Phi) is 7.34. The first-order valence-electron chi connectivity index (χ1n) is 11.6. The van der Waals surface area contributed by atoms with Crippen molar-refractivity contribution in [2.75, 3.05) is 16.8 Å². The van der Waals surface area contributed by atoms with Crippen molar-refractivity contribution in [2.45, 2.75) is 36.2 Å². The third kappa shape index (κ3) is 5.78. The SMILES string of the molecule is Cc1ccc(NC(=O)Cc2nc(COC(=O)CCN3c4ccccc4Sc4ccccc43)cs2)cc1. The maximum Gasteiger partial charge on any atom is 0.307 e. The number of amides is 1. The normalized spacial score (nSPS) is 12.0. The van der Waals surface area contributed by atoms with E-state index in [1.807, 2.05) is 60.8 Å². The smallest absolute Gasteiger partial charge is 0.307 e. The van der Waals surface area contributed by atoms with Crippen LogP contribution in [0.5, 0.6) is 0 Å². The fourth-order valence-electron chi connectivity index (χ4n) is 3.93. The van der Waals surface area contributed by atoms with Crippen molar-refractivity contribution in [1.82, 2.24) is 4.98 Å². The maximum absolute atomic E-state index is 12.6. The summed E-state index contributed by atoms with van der Waals surface area (Å²) in [7, 11) is 0. The third-order valence-corrected chi connectivity index (χ3v) is 7.73. The van der Waals surface area contributed by atoms with Gasteiger partial charge in [0.05, 0.1) is 29.9 Å². The predicted octanol–water partition coefficient (Wildman–Crippen LogP) is 6.37. The minimum Gasteiger partial charge on any atom is -0.459 e. The molecule has 5 rings (SSSR count). The molecule has 0 fully saturated rings. The van der Waals surface area contributed by atoms with E-state index >= 15 is 0 Å². The molecule has 8 heteroatoms. The number of aromatic nitrogens is 1. The molecule has 6 nitrogen and oxygen atoms in total. The molecule has 1 aromatic heterocycles. The lowest BCUT2D eigenvalue weighted by Crippen LogP contribution is -2.24. The molecule has 1 amide bonds. The van der Waals surface area contributed by atoms with Gasteiger partial charge in [0.15, 0.2) is 0 Å². The zero-order valence-electron chi connectivity index (χ0n) is 19.8. The lowest BCUT2D eigenvalue weighted by molar-refractivity contribution is -0.144. The van der Waals surface area contributed by atoms with Crippen LogP contribution >= 0.6 is 23.1 Å². The molecule has 1 aliphatic heterocycles. The first-order valence-corrected chi connectivity index (χ1v) is 13.3. The van der Waals surface area contributed by atoms with Gasteiger partial charge in [-0.15, -0.1) is 11.3 Å². The van der Waals surface area contributed by atoms with E-state index in [2.05, 4.69) is 39.5 Å². The van der Waals surface area contributed by atoms with Gasteiger partial charge in [0.2, 0.25) is 5.91 Å². The lowest BCUT2D eigenvalue weighted by Gasteiger charge is -2.32. The van der Waals surface area contributed by atoms with Gasteiger partial charge in [-0.05, 0) is 43.3 Å². The van der Waals surface area contributed by atoms with E-state index in [1.165, 1.54) is 21.1 Å². The second kappa shape index (κ2) is 11.0. The van der Waals surface area contributed by atoms with E-state index in [9.17, 15) is 9.59 Å². The Bertz CT molecular complexity index is 1340. The van der Waals surface area contributed by atoms with Crippen LogP contribution in [0, 0.1) is 6.92 Å². The number of aryl methyl sites for hydroxylation is 1. The highest BCUT2D eigenvalue weighted by Crippen LogP contribution is 2.47. The molecule has 0 aliphatic carbocycles. The number of fused-ring (bicyclic) bond motifs is 2. The minimum atomic E-state index is -0.283. The highest BCUT2D eigenvalue weighted by atomic mass is 32.2. The number of carbonyl (C=O) groups is 2. The monoisotopic (exact) mass is 515 g/mol. The predicted molar refractivity (Wildman–Crippen MR) is 144 cm³/mol. The lowest BCUT2D eigenvalue weighted by atomic mass is 10.2. The van der Waals surface area contributed by atoms with Crippen LogP contribution in [0.4, 0.5) is 17.1 Å². The van der Waals surface area contributed by atoms with E-state index in [1.54, 1.807) is 11.8 Å². The van der Waals surface area contributed by atoms with Gasteiger partial charge < -0.3 is 15.0 Å². The van der Waals surface area contributed by atoms with Crippen LogP contribution < -0.4 is 10.2 Å². The molecule has 0 unspecified atom stereocenters. The van der Waals surface area contributed by atoms with E-state index in [-0.39, 0.29) is 31.3 Å². The molecule has 1 N–H and O–H groups in total. The second-order valence-corrected chi connectivity index (χ2v) is 10.4. The number of anilines is 3. The number of benzene rings is 3. The van der Waals surface area contributed by atoms with E-state index in [0.717, 1.165) is 22.6 Å². The molecule has 0 radical (unpaired) electrons. The fourth-order valence-corrected chi connectivity index (χ4v) is 5.80. The topological polar surface area (TPSA) is 71.5 Å². The van der Waals surface area contributed by atoms with Gasteiger partial charge in [0, 0.05) is 27.4 Å². The van der Waals surface area contributed by atoms with Gasteiger partial charge in [0.25, 0.3) is 0 Å². The molecule has 0 saturated heterocycles. The number of nitrogens with zero attached hydrogens (tertiary/aromatic N) is 2. The van der Waals surface area contributed by atoms with Crippen LogP contribution in [-0.2, 0) is 27.4 Å². The quantitative estimate of drug-likeness (QED) is 0.275. The molecule has 1 aliphatic rings. The Hall–Kier alpha value is -3.62. The van der Waals surface area contributed by atoms with Gasteiger partial charge in [-0.2, -0.15) is 0 Å². The number of thiazole rings is 1. The standard InChI is InChI=1S/C28H25N3O3S2/c1-19-10-12-20(13-11-19)29-26(32)16-27-30-21(18-35-27)17-34-28(33)14-15-31-22-6-2-4-8-24(22)36-25-9-5-3-7-23(25)31/h2-13,18H,14-17H2,1H3,(H,29,32). The van der Waals surface area contributed by atoms with Crippen LogP contribution in [0.15, 0.2) is 88.0 Å². The van der Waals surface area contributed by atoms with Gasteiger partial charge in [-0.3, -0.25) is 9.59 Å². The van der Waals surface area contributed by atoms with Crippen LogP contribution in [0.1, 0.15) is 22.7 Å². The Morgan fingerprint density at radius 1 is 0.944 bits per heavy atom. The van der Waals surface area contributed by atoms with Crippen molar-refractivity contribution in [3.8, 4) is 0 Å². The van der Waals surface area contributed by atoms with Gasteiger partial charge in [-0.1, -0.05) is 53.7 Å². The zero-order valence-corrected chi connectivity index (χ0v) is 21.4. The van der Waals surface area contributed by atoms with Gasteiger partial charge in [0.1, 0.15) is 11.6 Å². The number of hydrogen-bond donors (Lipinski definition) is 1. The van der Waals surface area contributed by atoms with Gasteiger partial charge in [-0.25, -0.2) is 4.98 Å². The van der Waals surface area contributed by atoms with Crippen molar-refractivity contribution in [1.29, 1.82) is 0 Å². The number of esters is 1. The Morgan fingerprint density at radius 2 is 1.61 bits per heavy atom. The molecule has 0 saturated carbocycles. The molecule has 0 atom stereocenters. The third-order valence-electron chi connectivity index (χ3n) is 5.70. The van der Waals surface area contributed by atoms with Crippen LogP contribution in [0.2, 0.25) is 0 Å². The van der Waals surface area contributed by atoms with Crippen LogP contribution in [0.25, 0.3) is 0 Å². The van der Waals surface area contributed by atoms with Crippen molar-refractivity contribution in [3.63, 3.8) is 0 Å². The Labute approximate surface area is 218 Å². The summed E-state index contributed by atoms with van der Waals surface area (Å²) >= 11 is 3.13. The molecule has 0 bridgehead atoms. The molecular weight excluding hydrogens is 490 g/mol. The average molecular weight is 516 g/mol. The number of carbonyl (C=O) groups excluding carboxylic acids is 2. The largest absolute Gasteiger partial charge is 0.459 e. The summed E-state index contributed by atoms with van der Waals surface area (Å²) in [5, 5.41) is 5.39. The second-order valence-electron chi connectivity index (χ2n) is 8.42. The Morgan fingerprint density at radius 3 is 2.31 bits per heavy atom. The number of ether oxygens (including phenoxy) is 1. The van der Waals surface area contributed by atoms with E-state index in [4.69, 9.17) is 4.74 Å². The summed E-state index contributed by atoms with van der Waals surface area (Å²) in [5.41, 5.74) is 4.74. The van der Waals surface area contributed by atoms with Crippen molar-refractivity contribution >= 4 is 52.0 Å². The summed E-state index contributed by atoms with van der Waals surface area (Å²) in [4.78, 5) is 33.8. The molecule has 2 heterocycles. The Balaban J connectivity index is 1.13. The molecular formula is C28H25N3O3S2. The first kappa shape index (κ1) is 24.1. The van der Waals surface area contributed by atoms with E-state index in [0.29, 0.717) is 17.2 Å².